The summed E-state index contributed by atoms with van der Waals surface area (Å²) in [5.41, 5.74) is 4.22. The zero-order valence-corrected chi connectivity index (χ0v) is 15.4. The van der Waals surface area contributed by atoms with Gasteiger partial charge in [0.05, 0.1) is 17.0 Å². The van der Waals surface area contributed by atoms with Crippen molar-refractivity contribution in [3.8, 4) is 12.3 Å². The normalized spacial score (nSPS) is 14.3. The molecule has 0 aromatic heterocycles. The molecule has 6 nitrogen and oxygen atoms in total. The number of rotatable bonds is 5. The van der Waals surface area contributed by atoms with Gasteiger partial charge in [-0.3, -0.25) is 15.0 Å². The van der Waals surface area contributed by atoms with Crippen molar-refractivity contribution in [3.05, 3.63) is 40.1 Å². The molecule has 1 heterocycles. The molecule has 0 fully saturated rings. The Bertz CT molecular complexity index is 818. The van der Waals surface area contributed by atoms with Crippen molar-refractivity contribution in [1.29, 1.82) is 5.41 Å². The van der Waals surface area contributed by atoms with E-state index in [1.54, 1.807) is 31.0 Å². The van der Waals surface area contributed by atoms with E-state index in [-0.39, 0.29) is 11.6 Å². The smallest absolute Gasteiger partial charge is 0.219 e. The average Bonchev–Trinajstić information content (AvgIpc) is 2.88. The van der Waals surface area contributed by atoms with E-state index in [4.69, 9.17) is 11.8 Å². The summed E-state index contributed by atoms with van der Waals surface area (Å²) >= 11 is 0. The van der Waals surface area contributed by atoms with Crippen LogP contribution in [0.15, 0.2) is 23.4 Å². The Morgan fingerprint density at radius 3 is 2.50 bits per heavy atom. The molecule has 0 spiro atoms. The lowest BCUT2D eigenvalue weighted by molar-refractivity contribution is -0.128. The Morgan fingerprint density at radius 2 is 1.96 bits per heavy atom. The van der Waals surface area contributed by atoms with E-state index in [1.807, 2.05) is 7.05 Å². The van der Waals surface area contributed by atoms with Crippen molar-refractivity contribution in [2.24, 2.45) is 0 Å². The average molecular weight is 352 g/mol. The minimum absolute atomic E-state index is 0.0259. The predicted molar refractivity (Wildman–Crippen MR) is 104 cm³/mol. The first-order valence-electron chi connectivity index (χ1n) is 8.49. The fourth-order valence-electron chi connectivity index (χ4n) is 3.22. The maximum absolute atomic E-state index is 11.7. The van der Waals surface area contributed by atoms with Crippen molar-refractivity contribution in [1.82, 2.24) is 10.2 Å². The summed E-state index contributed by atoms with van der Waals surface area (Å²) in [6, 6.07) is 3.33. The van der Waals surface area contributed by atoms with Crippen LogP contribution in [-0.2, 0) is 4.79 Å². The van der Waals surface area contributed by atoms with Crippen LogP contribution in [0, 0.1) is 17.8 Å². The highest BCUT2D eigenvalue weighted by atomic mass is 16.2. The predicted octanol–water partition coefficient (Wildman–Crippen LogP) is 2.01. The van der Waals surface area contributed by atoms with Crippen LogP contribution in [0.5, 0.6) is 0 Å². The molecule has 0 radical (unpaired) electrons. The van der Waals surface area contributed by atoms with Crippen molar-refractivity contribution in [2.45, 2.75) is 19.8 Å². The van der Waals surface area contributed by atoms with E-state index in [0.717, 1.165) is 17.6 Å². The molecule has 0 aliphatic carbocycles. The van der Waals surface area contributed by atoms with Crippen LogP contribution in [-0.4, -0.2) is 50.0 Å². The number of benzene rings is 1. The molecule has 0 bridgehead atoms. The summed E-state index contributed by atoms with van der Waals surface area (Å²) < 4.78 is 0. The number of nitrogens with zero attached hydrogens (tertiary/aromatic N) is 1. The van der Waals surface area contributed by atoms with E-state index in [0.29, 0.717) is 48.3 Å². The second kappa shape index (κ2) is 8.34. The van der Waals surface area contributed by atoms with Crippen molar-refractivity contribution >= 4 is 23.6 Å². The van der Waals surface area contributed by atoms with Gasteiger partial charge in [0.15, 0.2) is 0 Å². The maximum atomic E-state index is 11.7. The zero-order valence-electron chi connectivity index (χ0n) is 15.4. The van der Waals surface area contributed by atoms with Crippen molar-refractivity contribution in [3.63, 3.8) is 0 Å². The molecule has 2 rings (SSSR count). The molecule has 1 aromatic carbocycles. The quantitative estimate of drug-likeness (QED) is 0.430. The molecule has 0 saturated heterocycles. The van der Waals surface area contributed by atoms with E-state index in [1.165, 1.54) is 0 Å². The van der Waals surface area contributed by atoms with Gasteiger partial charge < -0.3 is 15.5 Å². The molecule has 0 unspecified atom stereocenters. The molecule has 0 atom stereocenters. The molecule has 1 amide bonds. The van der Waals surface area contributed by atoms with E-state index < -0.39 is 0 Å². The molecule has 3 N–H and O–H groups in total. The van der Waals surface area contributed by atoms with Gasteiger partial charge in [0.1, 0.15) is 6.29 Å². The van der Waals surface area contributed by atoms with Gasteiger partial charge in [0.25, 0.3) is 0 Å². The molecule has 1 aliphatic heterocycles. The second-order valence-corrected chi connectivity index (χ2v) is 6.09. The first kappa shape index (κ1) is 19.3. The number of aldehydes is 1. The molecule has 1 aromatic rings. The van der Waals surface area contributed by atoms with Crippen LogP contribution in [0.2, 0.25) is 0 Å². The third kappa shape index (κ3) is 3.77. The van der Waals surface area contributed by atoms with Crippen LogP contribution in [0.1, 0.15) is 41.3 Å². The van der Waals surface area contributed by atoms with Gasteiger partial charge in [0, 0.05) is 57.4 Å². The van der Waals surface area contributed by atoms with Crippen LogP contribution in [0.4, 0.5) is 5.69 Å². The molecule has 136 valence electrons. The number of carbonyl (C=O) groups is 2. The number of anilines is 1. The first-order chi connectivity index (χ1) is 12.5. The largest absolute Gasteiger partial charge is 0.391 e. The molecular formula is C20H24N4O2. The number of carbonyl (C=O) groups excluding carboxylic acids is 2. The van der Waals surface area contributed by atoms with Gasteiger partial charge >= 0.3 is 0 Å². The third-order valence-electron chi connectivity index (χ3n) is 4.66. The molecule has 0 saturated carbocycles. The molecule has 1 aliphatic rings. The minimum atomic E-state index is 0.0259. The Labute approximate surface area is 154 Å². The number of amides is 1. The SMILES string of the molecule is C#Cc1c(NC)cc(C=O)cc1C(=N)C1=C(NC)CCN(C(C)=O)CC1. The Morgan fingerprint density at radius 1 is 1.27 bits per heavy atom. The van der Waals surface area contributed by atoms with Gasteiger partial charge in [-0.2, -0.15) is 0 Å². The van der Waals surface area contributed by atoms with E-state index in [9.17, 15) is 9.59 Å². The molecule has 6 heteroatoms. The maximum Gasteiger partial charge on any atom is 0.219 e. The Hall–Kier alpha value is -3.07. The van der Waals surface area contributed by atoms with E-state index >= 15 is 0 Å². The number of nitrogens with one attached hydrogen (secondary N) is 3. The fraction of sp³-hybridized carbons (Fsp3) is 0.350. The van der Waals surface area contributed by atoms with Crippen LogP contribution in [0.25, 0.3) is 0 Å². The van der Waals surface area contributed by atoms with Gasteiger partial charge in [-0.1, -0.05) is 5.92 Å². The van der Waals surface area contributed by atoms with Crippen LogP contribution < -0.4 is 10.6 Å². The van der Waals surface area contributed by atoms with Gasteiger partial charge in [-0.15, -0.1) is 6.42 Å². The highest BCUT2D eigenvalue weighted by molar-refractivity contribution is 6.14. The van der Waals surface area contributed by atoms with Gasteiger partial charge in [0.2, 0.25) is 5.91 Å². The first-order valence-corrected chi connectivity index (χ1v) is 8.49. The highest BCUT2D eigenvalue weighted by Gasteiger charge is 2.23. The molecule has 26 heavy (non-hydrogen) atoms. The lowest BCUT2D eigenvalue weighted by Crippen LogP contribution is -2.30. The topological polar surface area (TPSA) is 85.3 Å². The summed E-state index contributed by atoms with van der Waals surface area (Å²) in [5, 5.41) is 14.9. The summed E-state index contributed by atoms with van der Waals surface area (Å²) in [6.45, 7) is 2.72. The number of hydrogen-bond acceptors (Lipinski definition) is 5. The van der Waals surface area contributed by atoms with Crippen LogP contribution >= 0.6 is 0 Å². The van der Waals surface area contributed by atoms with Crippen LogP contribution in [0.3, 0.4) is 0 Å². The highest BCUT2D eigenvalue weighted by Crippen LogP contribution is 2.27. The number of terminal acetylenes is 1. The Kier molecular flexibility index (Phi) is 6.18. The fourth-order valence-corrected chi connectivity index (χ4v) is 3.22. The number of hydrogen-bond donors (Lipinski definition) is 3. The van der Waals surface area contributed by atoms with Crippen molar-refractivity contribution in [2.75, 3.05) is 32.5 Å². The monoisotopic (exact) mass is 352 g/mol. The zero-order chi connectivity index (χ0) is 19.3. The van der Waals surface area contributed by atoms with Gasteiger partial charge in [-0.05, 0) is 24.1 Å². The standard InChI is InChI=1S/C20H24N4O2/c1-5-15-17(10-14(12-25)11-19(15)23-4)20(21)16-6-8-24(13(2)26)9-7-18(16)22-3/h1,10-12,21-23H,6-9H2,2-4H3. The Balaban J connectivity index is 2.53. The summed E-state index contributed by atoms with van der Waals surface area (Å²) in [7, 11) is 3.54. The second-order valence-electron chi connectivity index (χ2n) is 6.09. The summed E-state index contributed by atoms with van der Waals surface area (Å²) in [6.07, 6.45) is 7.63. The third-order valence-corrected chi connectivity index (χ3v) is 4.66. The summed E-state index contributed by atoms with van der Waals surface area (Å²) in [4.78, 5) is 24.8. The van der Waals surface area contributed by atoms with Crippen molar-refractivity contribution < 1.29 is 9.59 Å². The minimum Gasteiger partial charge on any atom is -0.391 e. The molecular weight excluding hydrogens is 328 g/mol. The lowest BCUT2D eigenvalue weighted by Gasteiger charge is -2.18. The van der Waals surface area contributed by atoms with Gasteiger partial charge in [-0.25, -0.2) is 0 Å². The summed E-state index contributed by atoms with van der Waals surface area (Å²) in [5.74, 6) is 2.66. The lowest BCUT2D eigenvalue weighted by atomic mass is 9.91. The van der Waals surface area contributed by atoms with E-state index in [2.05, 4.69) is 16.6 Å².